The van der Waals surface area contributed by atoms with Gasteiger partial charge in [-0.2, -0.15) is 0 Å². The number of para-hydroxylation sites is 1. The number of aliphatic carboxylic acids is 1. The van der Waals surface area contributed by atoms with E-state index in [1.807, 2.05) is 19.1 Å². The first-order valence-corrected chi connectivity index (χ1v) is 5.83. The van der Waals surface area contributed by atoms with Crippen LogP contribution in [0.25, 0.3) is 0 Å². The SMILES string of the molecule is CC1(OCC(=O)O)CN(Cc2ccccc2O)C1. The number of aromatic hydroxyl groups is 1. The summed E-state index contributed by atoms with van der Waals surface area (Å²) < 4.78 is 5.32. The van der Waals surface area contributed by atoms with E-state index in [0.29, 0.717) is 19.6 Å². The van der Waals surface area contributed by atoms with Crippen molar-refractivity contribution in [1.82, 2.24) is 4.90 Å². The third-order valence-electron chi connectivity index (χ3n) is 3.05. The first-order valence-electron chi connectivity index (χ1n) is 5.83. The molecule has 0 aromatic heterocycles. The lowest BCUT2D eigenvalue weighted by atomic mass is 9.95. The van der Waals surface area contributed by atoms with E-state index in [1.165, 1.54) is 0 Å². The summed E-state index contributed by atoms with van der Waals surface area (Å²) in [6.07, 6.45) is 0. The predicted octanol–water partition coefficient (Wildman–Crippen LogP) is 1.07. The van der Waals surface area contributed by atoms with E-state index < -0.39 is 5.97 Å². The van der Waals surface area contributed by atoms with Gasteiger partial charge in [0.1, 0.15) is 12.4 Å². The monoisotopic (exact) mass is 251 g/mol. The van der Waals surface area contributed by atoms with Crippen molar-refractivity contribution in [3.05, 3.63) is 29.8 Å². The molecule has 98 valence electrons. The average Bonchev–Trinajstić information content (AvgIpc) is 2.27. The van der Waals surface area contributed by atoms with Gasteiger partial charge < -0.3 is 14.9 Å². The van der Waals surface area contributed by atoms with E-state index in [2.05, 4.69) is 4.90 Å². The molecule has 2 N–H and O–H groups in total. The zero-order valence-electron chi connectivity index (χ0n) is 10.3. The van der Waals surface area contributed by atoms with E-state index in [4.69, 9.17) is 9.84 Å². The van der Waals surface area contributed by atoms with Gasteiger partial charge in [-0.3, -0.25) is 4.90 Å². The van der Waals surface area contributed by atoms with Crippen molar-refractivity contribution >= 4 is 5.97 Å². The van der Waals surface area contributed by atoms with Gasteiger partial charge in [-0.15, -0.1) is 0 Å². The zero-order chi connectivity index (χ0) is 13.2. The number of ether oxygens (including phenoxy) is 1. The molecule has 1 fully saturated rings. The Bertz CT molecular complexity index is 440. The second-order valence-corrected chi connectivity index (χ2v) is 4.91. The molecule has 0 radical (unpaired) electrons. The minimum Gasteiger partial charge on any atom is -0.508 e. The lowest BCUT2D eigenvalue weighted by molar-refractivity contribution is -0.165. The number of hydrogen-bond donors (Lipinski definition) is 2. The van der Waals surface area contributed by atoms with Gasteiger partial charge >= 0.3 is 5.97 Å². The maximum absolute atomic E-state index is 10.4. The van der Waals surface area contributed by atoms with Gasteiger partial charge in [-0.25, -0.2) is 4.79 Å². The summed E-state index contributed by atoms with van der Waals surface area (Å²) in [4.78, 5) is 12.5. The first-order chi connectivity index (χ1) is 8.48. The van der Waals surface area contributed by atoms with E-state index in [0.717, 1.165) is 5.56 Å². The third kappa shape index (κ3) is 3.00. The number of phenols is 1. The molecule has 1 aromatic carbocycles. The molecule has 2 rings (SSSR count). The standard InChI is InChI=1S/C13H17NO4/c1-13(18-7-12(16)17)8-14(9-13)6-10-4-2-3-5-11(10)15/h2-5,15H,6-9H2,1H3,(H,16,17). The van der Waals surface area contributed by atoms with E-state index in [1.54, 1.807) is 12.1 Å². The number of phenolic OH excluding ortho intramolecular Hbond substituents is 1. The Morgan fingerprint density at radius 2 is 2.11 bits per heavy atom. The van der Waals surface area contributed by atoms with Crippen LogP contribution in [0.4, 0.5) is 0 Å². The van der Waals surface area contributed by atoms with Crippen LogP contribution >= 0.6 is 0 Å². The normalized spacial score (nSPS) is 18.3. The van der Waals surface area contributed by atoms with E-state index >= 15 is 0 Å². The van der Waals surface area contributed by atoms with Crippen LogP contribution in [0.5, 0.6) is 5.75 Å². The molecule has 1 aromatic rings. The van der Waals surface area contributed by atoms with Crippen molar-refractivity contribution in [2.75, 3.05) is 19.7 Å². The van der Waals surface area contributed by atoms with Crippen LogP contribution in [0.15, 0.2) is 24.3 Å². The fourth-order valence-electron chi connectivity index (χ4n) is 2.22. The molecule has 5 heteroatoms. The van der Waals surface area contributed by atoms with Crippen molar-refractivity contribution in [3.63, 3.8) is 0 Å². The van der Waals surface area contributed by atoms with Crippen molar-refractivity contribution in [2.45, 2.75) is 19.1 Å². The fraction of sp³-hybridized carbons (Fsp3) is 0.462. The van der Waals surface area contributed by atoms with E-state index in [9.17, 15) is 9.90 Å². The minimum absolute atomic E-state index is 0.263. The molecule has 0 atom stereocenters. The second kappa shape index (κ2) is 4.96. The molecule has 1 aliphatic heterocycles. The van der Waals surface area contributed by atoms with Crippen LogP contribution in [0.3, 0.4) is 0 Å². The highest BCUT2D eigenvalue weighted by molar-refractivity contribution is 5.68. The molecular weight excluding hydrogens is 234 g/mol. The molecule has 1 aliphatic rings. The average molecular weight is 251 g/mol. The van der Waals surface area contributed by atoms with Gasteiger partial charge in [-0.1, -0.05) is 18.2 Å². The summed E-state index contributed by atoms with van der Waals surface area (Å²) in [5.74, 6) is -0.659. The van der Waals surface area contributed by atoms with Gasteiger partial charge in [0, 0.05) is 25.2 Å². The number of carboxylic acid groups (broad SMARTS) is 1. The van der Waals surface area contributed by atoms with Crippen LogP contribution in [0, 0.1) is 0 Å². The fourth-order valence-corrected chi connectivity index (χ4v) is 2.22. The number of carboxylic acids is 1. The Morgan fingerprint density at radius 3 is 2.72 bits per heavy atom. The molecule has 0 bridgehead atoms. The Hall–Kier alpha value is -1.59. The molecule has 18 heavy (non-hydrogen) atoms. The summed E-state index contributed by atoms with van der Waals surface area (Å²) in [5, 5.41) is 18.2. The van der Waals surface area contributed by atoms with Crippen LogP contribution in [-0.2, 0) is 16.1 Å². The minimum atomic E-state index is -0.949. The van der Waals surface area contributed by atoms with Crippen LogP contribution in [0.1, 0.15) is 12.5 Å². The van der Waals surface area contributed by atoms with Crippen molar-refractivity contribution in [1.29, 1.82) is 0 Å². The zero-order valence-corrected chi connectivity index (χ0v) is 10.3. The molecule has 0 unspecified atom stereocenters. The summed E-state index contributed by atoms with van der Waals surface area (Å²) >= 11 is 0. The lowest BCUT2D eigenvalue weighted by Gasteiger charge is -2.47. The molecule has 0 spiro atoms. The molecule has 5 nitrogen and oxygen atoms in total. The summed E-state index contributed by atoms with van der Waals surface area (Å²) in [5.41, 5.74) is 0.487. The number of nitrogens with zero attached hydrogens (tertiary/aromatic N) is 1. The predicted molar refractivity (Wildman–Crippen MR) is 65.4 cm³/mol. The van der Waals surface area contributed by atoms with Crippen LogP contribution in [0.2, 0.25) is 0 Å². The molecule has 0 aliphatic carbocycles. The maximum atomic E-state index is 10.4. The molecule has 1 heterocycles. The van der Waals surface area contributed by atoms with Crippen LogP contribution in [-0.4, -0.2) is 46.4 Å². The smallest absolute Gasteiger partial charge is 0.329 e. The van der Waals surface area contributed by atoms with Gasteiger partial charge in [-0.05, 0) is 13.0 Å². The van der Waals surface area contributed by atoms with Crippen molar-refractivity contribution < 1.29 is 19.7 Å². The number of rotatable bonds is 5. The second-order valence-electron chi connectivity index (χ2n) is 4.91. The van der Waals surface area contributed by atoms with Gasteiger partial charge in [0.15, 0.2) is 0 Å². The number of likely N-dealkylation sites (tertiary alicyclic amines) is 1. The Labute approximate surface area is 106 Å². The summed E-state index contributed by atoms with van der Waals surface area (Å²) in [7, 11) is 0. The molecule has 1 saturated heterocycles. The van der Waals surface area contributed by atoms with Crippen molar-refractivity contribution in [3.8, 4) is 5.75 Å². The van der Waals surface area contributed by atoms with Gasteiger partial charge in [0.05, 0.1) is 5.60 Å². The number of hydrogen-bond acceptors (Lipinski definition) is 4. The third-order valence-corrected chi connectivity index (χ3v) is 3.05. The van der Waals surface area contributed by atoms with E-state index in [-0.39, 0.29) is 18.0 Å². The highest BCUT2D eigenvalue weighted by Gasteiger charge is 2.40. The molecular formula is C13H17NO4. The summed E-state index contributed by atoms with van der Waals surface area (Å²) in [6, 6.07) is 7.21. The largest absolute Gasteiger partial charge is 0.508 e. The molecule has 0 amide bonds. The van der Waals surface area contributed by atoms with Crippen LogP contribution < -0.4 is 0 Å². The Balaban J connectivity index is 1.82. The van der Waals surface area contributed by atoms with Gasteiger partial charge in [0.25, 0.3) is 0 Å². The quantitative estimate of drug-likeness (QED) is 0.819. The topological polar surface area (TPSA) is 70.0 Å². The maximum Gasteiger partial charge on any atom is 0.329 e. The molecule has 0 saturated carbocycles. The Morgan fingerprint density at radius 1 is 1.44 bits per heavy atom. The Kier molecular flexibility index (Phi) is 3.54. The first kappa shape index (κ1) is 12.9. The van der Waals surface area contributed by atoms with Crippen molar-refractivity contribution in [2.24, 2.45) is 0 Å². The highest BCUT2D eigenvalue weighted by atomic mass is 16.5. The highest BCUT2D eigenvalue weighted by Crippen LogP contribution is 2.28. The summed E-state index contributed by atoms with van der Waals surface area (Å²) in [6.45, 7) is 3.64. The van der Waals surface area contributed by atoms with Gasteiger partial charge in [0.2, 0.25) is 0 Å². The lowest BCUT2D eigenvalue weighted by Crippen LogP contribution is -2.61. The number of carbonyl (C=O) groups is 1. The number of benzene rings is 1.